The number of carbonyl (C=O) groups excluding carboxylic acids is 2. The van der Waals surface area contributed by atoms with Crippen molar-refractivity contribution in [1.82, 2.24) is 4.90 Å². The lowest BCUT2D eigenvalue weighted by atomic mass is 10.1. The quantitative estimate of drug-likeness (QED) is 0.861. The Kier molecular flexibility index (Phi) is 6.15. The van der Waals surface area contributed by atoms with Gasteiger partial charge < -0.3 is 10.2 Å². The highest BCUT2D eigenvalue weighted by Crippen LogP contribution is 2.31. The van der Waals surface area contributed by atoms with Gasteiger partial charge in [-0.3, -0.25) is 9.59 Å². The largest absolute Gasteiger partial charge is 0.332 e. The fraction of sp³-hybridized carbons (Fsp3) is 0.412. The van der Waals surface area contributed by atoms with Gasteiger partial charge in [-0.15, -0.1) is 0 Å². The number of nitrogens with zero attached hydrogens (tertiary/aromatic N) is 1. The number of amides is 2. The van der Waals surface area contributed by atoms with E-state index in [1.165, 1.54) is 6.08 Å². The minimum atomic E-state index is -0.261. The molecule has 0 saturated heterocycles. The van der Waals surface area contributed by atoms with Gasteiger partial charge in [0.25, 0.3) is 5.91 Å². The van der Waals surface area contributed by atoms with Crippen LogP contribution >= 0.6 is 0 Å². The molecule has 1 aliphatic heterocycles. The lowest BCUT2D eigenvalue weighted by Crippen LogP contribution is -2.32. The molecule has 1 aromatic carbocycles. The first-order chi connectivity index (χ1) is 10.1. The van der Waals surface area contributed by atoms with Crippen molar-refractivity contribution in [1.29, 1.82) is 0 Å². The molecule has 2 rings (SSSR count). The van der Waals surface area contributed by atoms with Gasteiger partial charge in [-0.1, -0.05) is 33.4 Å². The summed E-state index contributed by atoms with van der Waals surface area (Å²) in [6, 6.07) is 5.61. The Hall–Kier alpha value is -2.10. The van der Waals surface area contributed by atoms with Crippen LogP contribution in [0.5, 0.6) is 0 Å². The van der Waals surface area contributed by atoms with Gasteiger partial charge in [0.1, 0.15) is 0 Å². The van der Waals surface area contributed by atoms with E-state index in [1.807, 2.05) is 37.8 Å². The molecule has 0 saturated carbocycles. The number of hydrogen-bond donors (Lipinski definition) is 1. The smallest absolute Gasteiger partial charge is 0.254 e. The van der Waals surface area contributed by atoms with Crippen LogP contribution in [0.2, 0.25) is 0 Å². The van der Waals surface area contributed by atoms with Gasteiger partial charge in [0.2, 0.25) is 5.91 Å². The number of nitrogens with one attached hydrogen (secondary N) is 1. The minimum absolute atomic E-state index is 0.0408. The summed E-state index contributed by atoms with van der Waals surface area (Å²) >= 11 is 0. The molecule has 1 aliphatic rings. The highest BCUT2D eigenvalue weighted by atomic mass is 16.2. The zero-order chi connectivity index (χ0) is 16.0. The molecule has 0 bridgehead atoms. The Bertz CT molecular complexity index is 538. The van der Waals surface area contributed by atoms with E-state index in [4.69, 9.17) is 0 Å². The normalized spacial score (nSPS) is 13.9. The average molecular weight is 288 g/mol. The number of rotatable bonds is 4. The Morgan fingerprint density at radius 3 is 2.71 bits per heavy atom. The van der Waals surface area contributed by atoms with Crippen molar-refractivity contribution in [2.24, 2.45) is 0 Å². The van der Waals surface area contributed by atoms with Crippen LogP contribution in [0.1, 0.15) is 50.0 Å². The Morgan fingerprint density at radius 1 is 1.48 bits per heavy atom. The summed E-state index contributed by atoms with van der Waals surface area (Å²) in [5.41, 5.74) is 2.27. The van der Waals surface area contributed by atoms with Crippen LogP contribution in [-0.4, -0.2) is 22.8 Å². The van der Waals surface area contributed by atoms with Crippen LogP contribution < -0.4 is 5.32 Å². The van der Waals surface area contributed by atoms with Crippen molar-refractivity contribution in [3.8, 4) is 0 Å². The van der Waals surface area contributed by atoms with E-state index < -0.39 is 0 Å². The standard InChI is InChI=1S/C15H18N2O2.C2H6/c1-4-10(3)17-9-12-11(15(17)19)7-6-8-13(12)16-14(18)5-2;1-2/h5-8,10H,2,4,9H2,1,3H3,(H,16,18);1-2H3. The molecule has 4 nitrogen and oxygen atoms in total. The van der Waals surface area contributed by atoms with Gasteiger partial charge in [0, 0.05) is 29.4 Å². The van der Waals surface area contributed by atoms with Gasteiger partial charge in [0.05, 0.1) is 0 Å². The van der Waals surface area contributed by atoms with E-state index in [0.717, 1.165) is 12.0 Å². The molecule has 0 radical (unpaired) electrons. The monoisotopic (exact) mass is 288 g/mol. The van der Waals surface area contributed by atoms with E-state index in [-0.39, 0.29) is 17.9 Å². The minimum Gasteiger partial charge on any atom is -0.332 e. The molecule has 21 heavy (non-hydrogen) atoms. The number of hydrogen-bond acceptors (Lipinski definition) is 2. The average Bonchev–Trinajstić information content (AvgIpc) is 2.87. The van der Waals surface area contributed by atoms with Crippen LogP contribution in [0.25, 0.3) is 0 Å². The van der Waals surface area contributed by atoms with Crippen molar-refractivity contribution < 1.29 is 9.59 Å². The summed E-state index contributed by atoms with van der Waals surface area (Å²) in [5, 5.41) is 2.75. The predicted molar refractivity (Wildman–Crippen MR) is 86.2 cm³/mol. The van der Waals surface area contributed by atoms with Gasteiger partial charge in [-0.05, 0) is 31.6 Å². The van der Waals surface area contributed by atoms with Crippen LogP contribution in [0.3, 0.4) is 0 Å². The molecule has 1 N–H and O–H groups in total. The van der Waals surface area contributed by atoms with Gasteiger partial charge in [0.15, 0.2) is 0 Å². The van der Waals surface area contributed by atoms with Crippen molar-refractivity contribution in [3.63, 3.8) is 0 Å². The third-order valence-corrected chi connectivity index (χ3v) is 3.56. The lowest BCUT2D eigenvalue weighted by Gasteiger charge is -2.22. The molecule has 1 aromatic rings. The molecular weight excluding hydrogens is 264 g/mol. The molecule has 4 heteroatoms. The maximum atomic E-state index is 12.3. The van der Waals surface area contributed by atoms with Crippen molar-refractivity contribution >= 4 is 17.5 Å². The molecule has 1 unspecified atom stereocenters. The number of fused-ring (bicyclic) bond motifs is 1. The van der Waals surface area contributed by atoms with E-state index in [9.17, 15) is 9.59 Å². The van der Waals surface area contributed by atoms with Crippen molar-refractivity contribution in [3.05, 3.63) is 42.0 Å². The summed E-state index contributed by atoms with van der Waals surface area (Å²) in [4.78, 5) is 25.5. The summed E-state index contributed by atoms with van der Waals surface area (Å²) in [5.74, 6) is -0.220. The molecule has 1 atom stereocenters. The first kappa shape index (κ1) is 17.0. The third-order valence-electron chi connectivity index (χ3n) is 3.56. The van der Waals surface area contributed by atoms with E-state index in [0.29, 0.717) is 17.8 Å². The van der Waals surface area contributed by atoms with Crippen LogP contribution in [0, 0.1) is 0 Å². The third kappa shape index (κ3) is 3.51. The van der Waals surface area contributed by atoms with E-state index >= 15 is 0 Å². The van der Waals surface area contributed by atoms with Crippen LogP contribution in [0.15, 0.2) is 30.9 Å². The molecule has 114 valence electrons. The Balaban J connectivity index is 0.00000106. The number of anilines is 1. The Morgan fingerprint density at radius 2 is 2.14 bits per heavy atom. The summed E-state index contributed by atoms with van der Waals surface area (Å²) in [6.45, 7) is 12.1. The van der Waals surface area contributed by atoms with Crippen molar-refractivity contribution in [2.45, 2.75) is 46.7 Å². The SMILES string of the molecule is C=CC(=O)Nc1cccc2c1CN(C(C)CC)C2=O.CC. The first-order valence-electron chi connectivity index (χ1n) is 7.44. The molecule has 0 aliphatic carbocycles. The van der Waals surface area contributed by atoms with E-state index in [2.05, 4.69) is 18.8 Å². The molecule has 0 fully saturated rings. The molecular formula is C17H24N2O2. The van der Waals surface area contributed by atoms with Gasteiger partial charge in [-0.25, -0.2) is 0 Å². The fourth-order valence-corrected chi connectivity index (χ4v) is 2.23. The summed E-state index contributed by atoms with van der Waals surface area (Å²) in [7, 11) is 0. The fourth-order valence-electron chi connectivity index (χ4n) is 2.23. The second-order valence-electron chi connectivity index (χ2n) is 4.72. The van der Waals surface area contributed by atoms with Crippen molar-refractivity contribution in [2.75, 3.05) is 5.32 Å². The Labute approximate surface area is 126 Å². The zero-order valence-corrected chi connectivity index (χ0v) is 13.3. The summed E-state index contributed by atoms with van der Waals surface area (Å²) in [6.07, 6.45) is 2.14. The molecule has 0 aromatic heterocycles. The topological polar surface area (TPSA) is 49.4 Å². The van der Waals surface area contributed by atoms with Gasteiger partial charge in [-0.2, -0.15) is 0 Å². The number of carbonyl (C=O) groups is 2. The second-order valence-corrected chi connectivity index (χ2v) is 4.72. The summed E-state index contributed by atoms with van der Waals surface area (Å²) < 4.78 is 0. The maximum Gasteiger partial charge on any atom is 0.254 e. The predicted octanol–water partition coefficient (Wildman–Crippen LogP) is 3.59. The van der Waals surface area contributed by atoms with Crippen LogP contribution in [0.4, 0.5) is 5.69 Å². The lowest BCUT2D eigenvalue weighted by molar-refractivity contribution is -0.111. The first-order valence-corrected chi connectivity index (χ1v) is 7.44. The molecule has 2 amide bonds. The molecule has 1 heterocycles. The zero-order valence-electron chi connectivity index (χ0n) is 13.3. The van der Waals surface area contributed by atoms with E-state index in [1.54, 1.807) is 6.07 Å². The van der Waals surface area contributed by atoms with Crippen LogP contribution in [-0.2, 0) is 11.3 Å². The highest BCUT2D eigenvalue weighted by Gasteiger charge is 2.31. The highest BCUT2D eigenvalue weighted by molar-refractivity contribution is 6.04. The van der Waals surface area contributed by atoms with Gasteiger partial charge >= 0.3 is 0 Å². The number of benzene rings is 1. The molecule has 0 spiro atoms. The maximum absolute atomic E-state index is 12.3. The second kappa shape index (κ2) is 7.62.